The molecule has 1 unspecified atom stereocenters. The van der Waals surface area contributed by atoms with E-state index >= 15 is 0 Å². The van der Waals surface area contributed by atoms with Crippen LogP contribution in [0.5, 0.6) is 5.75 Å². The number of benzene rings is 1. The molecule has 0 bridgehead atoms. The first-order chi connectivity index (χ1) is 7.59. The molecule has 2 nitrogen and oxygen atoms in total. The standard InChI is InChI=1S/C12H14O2S2/c1-9(13)15-8-12(2)7-14-10-5-3-4-6-11(10)16-12/h3-6H,7-8H2,1-2H3. The molecule has 0 saturated carbocycles. The SMILES string of the molecule is CC(=O)SCC1(C)COc2ccccc2S1. The molecule has 1 atom stereocenters. The molecule has 1 aromatic carbocycles. The van der Waals surface area contributed by atoms with Crippen LogP contribution in [0, 0.1) is 0 Å². The van der Waals surface area contributed by atoms with E-state index in [2.05, 4.69) is 13.0 Å². The quantitative estimate of drug-likeness (QED) is 0.809. The predicted octanol–water partition coefficient (Wildman–Crippen LogP) is 3.21. The Hall–Kier alpha value is -0.610. The summed E-state index contributed by atoms with van der Waals surface area (Å²) in [6.07, 6.45) is 0. The normalized spacial score (nSPS) is 23.4. The molecule has 1 aromatic rings. The van der Waals surface area contributed by atoms with Crippen molar-refractivity contribution in [2.45, 2.75) is 23.5 Å². The van der Waals surface area contributed by atoms with Crippen molar-refractivity contribution in [3.05, 3.63) is 24.3 Å². The fraction of sp³-hybridized carbons (Fsp3) is 0.417. The number of carbonyl (C=O) groups excluding carboxylic acids is 1. The van der Waals surface area contributed by atoms with Gasteiger partial charge in [-0.3, -0.25) is 4.79 Å². The summed E-state index contributed by atoms with van der Waals surface area (Å²) in [5.74, 6) is 1.75. The van der Waals surface area contributed by atoms with Crippen molar-refractivity contribution >= 4 is 28.6 Å². The zero-order chi connectivity index (χ0) is 11.6. The molecule has 0 amide bonds. The second kappa shape index (κ2) is 4.72. The van der Waals surface area contributed by atoms with E-state index in [9.17, 15) is 4.79 Å². The Morgan fingerprint density at radius 3 is 3.06 bits per heavy atom. The molecule has 1 heterocycles. The molecular formula is C12H14O2S2. The number of ether oxygens (including phenoxy) is 1. The van der Waals surface area contributed by atoms with Gasteiger partial charge in [0.2, 0.25) is 0 Å². The van der Waals surface area contributed by atoms with Crippen LogP contribution in [-0.4, -0.2) is 22.2 Å². The van der Waals surface area contributed by atoms with Crippen molar-refractivity contribution in [2.75, 3.05) is 12.4 Å². The Bertz CT molecular complexity index is 406. The zero-order valence-corrected chi connectivity index (χ0v) is 11.0. The van der Waals surface area contributed by atoms with E-state index < -0.39 is 0 Å². The maximum Gasteiger partial charge on any atom is 0.185 e. The van der Waals surface area contributed by atoms with Gasteiger partial charge in [0.1, 0.15) is 12.4 Å². The van der Waals surface area contributed by atoms with Gasteiger partial charge in [-0.15, -0.1) is 11.8 Å². The lowest BCUT2D eigenvalue weighted by Gasteiger charge is -2.33. The van der Waals surface area contributed by atoms with Gasteiger partial charge in [0, 0.05) is 12.7 Å². The van der Waals surface area contributed by atoms with E-state index in [0.717, 1.165) is 11.5 Å². The van der Waals surface area contributed by atoms with Crippen molar-refractivity contribution in [2.24, 2.45) is 0 Å². The van der Waals surface area contributed by atoms with Crippen molar-refractivity contribution < 1.29 is 9.53 Å². The first kappa shape index (κ1) is 11.9. The van der Waals surface area contributed by atoms with Gasteiger partial charge in [-0.05, 0) is 19.1 Å². The highest BCUT2D eigenvalue weighted by Gasteiger charge is 2.32. The highest BCUT2D eigenvalue weighted by Crippen LogP contribution is 2.44. The molecule has 16 heavy (non-hydrogen) atoms. The van der Waals surface area contributed by atoms with Crippen LogP contribution in [0.25, 0.3) is 0 Å². The molecule has 86 valence electrons. The monoisotopic (exact) mass is 254 g/mol. The average Bonchev–Trinajstić information content (AvgIpc) is 2.26. The molecular weight excluding hydrogens is 240 g/mol. The van der Waals surface area contributed by atoms with Gasteiger partial charge < -0.3 is 4.74 Å². The van der Waals surface area contributed by atoms with E-state index in [4.69, 9.17) is 4.74 Å². The second-order valence-corrected chi connectivity index (χ2v) is 6.85. The summed E-state index contributed by atoms with van der Waals surface area (Å²) in [4.78, 5) is 12.2. The molecule has 0 fully saturated rings. The fourth-order valence-corrected chi connectivity index (χ4v) is 3.53. The maximum absolute atomic E-state index is 11.0. The number of carbonyl (C=O) groups is 1. The predicted molar refractivity (Wildman–Crippen MR) is 69.3 cm³/mol. The topological polar surface area (TPSA) is 26.3 Å². The van der Waals surface area contributed by atoms with Gasteiger partial charge in [0.25, 0.3) is 0 Å². The minimum Gasteiger partial charge on any atom is -0.491 e. The van der Waals surface area contributed by atoms with E-state index in [-0.39, 0.29) is 9.86 Å². The van der Waals surface area contributed by atoms with Crippen LogP contribution < -0.4 is 4.74 Å². The molecule has 0 aliphatic carbocycles. The summed E-state index contributed by atoms with van der Waals surface area (Å²) in [7, 11) is 0. The lowest BCUT2D eigenvalue weighted by atomic mass is 10.2. The largest absolute Gasteiger partial charge is 0.491 e. The van der Waals surface area contributed by atoms with Crippen LogP contribution in [0.2, 0.25) is 0 Å². The lowest BCUT2D eigenvalue weighted by molar-refractivity contribution is -0.109. The van der Waals surface area contributed by atoms with Crippen LogP contribution in [0.3, 0.4) is 0 Å². The smallest absolute Gasteiger partial charge is 0.185 e. The first-order valence-corrected chi connectivity index (χ1v) is 6.93. The van der Waals surface area contributed by atoms with Gasteiger partial charge in [-0.1, -0.05) is 23.9 Å². The molecule has 0 aromatic heterocycles. The second-order valence-electron chi connectivity index (χ2n) is 4.07. The van der Waals surface area contributed by atoms with Crippen LogP contribution in [0.4, 0.5) is 0 Å². The molecule has 0 N–H and O–H groups in total. The third-order valence-corrected chi connectivity index (χ3v) is 5.00. The zero-order valence-electron chi connectivity index (χ0n) is 9.36. The van der Waals surface area contributed by atoms with E-state index in [0.29, 0.717) is 6.61 Å². The Balaban J connectivity index is 2.08. The molecule has 0 saturated heterocycles. The Morgan fingerprint density at radius 1 is 1.56 bits per heavy atom. The highest BCUT2D eigenvalue weighted by molar-refractivity contribution is 8.14. The summed E-state index contributed by atoms with van der Waals surface area (Å²) in [5.41, 5.74) is 0. The van der Waals surface area contributed by atoms with Crippen LogP contribution in [-0.2, 0) is 4.79 Å². The minimum atomic E-state index is -0.00924. The average molecular weight is 254 g/mol. The van der Waals surface area contributed by atoms with Crippen molar-refractivity contribution in [3.8, 4) is 5.75 Å². The molecule has 1 aliphatic rings. The van der Waals surface area contributed by atoms with Crippen molar-refractivity contribution in [1.29, 1.82) is 0 Å². The summed E-state index contributed by atoms with van der Waals surface area (Å²) in [5, 5.41) is 0.167. The Kier molecular flexibility index (Phi) is 3.50. The molecule has 0 radical (unpaired) electrons. The van der Waals surface area contributed by atoms with E-state index in [1.165, 1.54) is 16.7 Å². The van der Waals surface area contributed by atoms with Gasteiger partial charge in [0.15, 0.2) is 5.12 Å². The summed E-state index contributed by atoms with van der Waals surface area (Å²) >= 11 is 3.17. The summed E-state index contributed by atoms with van der Waals surface area (Å²) in [6.45, 7) is 4.41. The Labute approximate surface area is 104 Å². The first-order valence-electron chi connectivity index (χ1n) is 5.13. The summed E-state index contributed by atoms with van der Waals surface area (Å²) < 4.78 is 5.72. The Morgan fingerprint density at radius 2 is 2.31 bits per heavy atom. The third kappa shape index (κ3) is 2.74. The van der Waals surface area contributed by atoms with Gasteiger partial charge in [-0.2, -0.15) is 0 Å². The van der Waals surface area contributed by atoms with Gasteiger partial charge in [0.05, 0.1) is 9.64 Å². The van der Waals surface area contributed by atoms with Gasteiger partial charge >= 0.3 is 0 Å². The highest BCUT2D eigenvalue weighted by atomic mass is 32.2. The maximum atomic E-state index is 11.0. The van der Waals surface area contributed by atoms with Crippen LogP contribution in [0.1, 0.15) is 13.8 Å². The molecule has 4 heteroatoms. The lowest BCUT2D eigenvalue weighted by Crippen LogP contribution is -2.34. The van der Waals surface area contributed by atoms with E-state index in [1.54, 1.807) is 18.7 Å². The number of fused-ring (bicyclic) bond motifs is 1. The molecule has 2 rings (SSSR count). The fourth-order valence-electron chi connectivity index (χ4n) is 1.50. The minimum absolute atomic E-state index is 0.00924. The van der Waals surface area contributed by atoms with Crippen molar-refractivity contribution in [3.63, 3.8) is 0 Å². The third-order valence-electron chi connectivity index (χ3n) is 2.32. The molecule has 0 spiro atoms. The summed E-state index contributed by atoms with van der Waals surface area (Å²) in [6, 6.07) is 8.04. The number of rotatable bonds is 2. The number of para-hydroxylation sites is 1. The van der Waals surface area contributed by atoms with E-state index in [1.807, 2.05) is 18.2 Å². The van der Waals surface area contributed by atoms with Crippen LogP contribution in [0.15, 0.2) is 29.2 Å². The number of thioether (sulfide) groups is 2. The molecule has 1 aliphatic heterocycles. The van der Waals surface area contributed by atoms with Gasteiger partial charge in [-0.25, -0.2) is 0 Å². The number of hydrogen-bond donors (Lipinski definition) is 0. The number of hydrogen-bond acceptors (Lipinski definition) is 4. The van der Waals surface area contributed by atoms with Crippen LogP contribution >= 0.6 is 23.5 Å². The van der Waals surface area contributed by atoms with Crippen molar-refractivity contribution in [1.82, 2.24) is 0 Å².